The van der Waals surface area contributed by atoms with Crippen LogP contribution < -0.4 is 4.90 Å². The molecule has 1 aliphatic heterocycles. The van der Waals surface area contributed by atoms with Crippen LogP contribution in [-0.2, 0) is 14.9 Å². The van der Waals surface area contributed by atoms with Crippen molar-refractivity contribution in [3.63, 3.8) is 0 Å². The summed E-state index contributed by atoms with van der Waals surface area (Å²) in [4.78, 5) is 18.0. The topological polar surface area (TPSA) is 62.7 Å². The van der Waals surface area contributed by atoms with Crippen molar-refractivity contribution in [1.29, 1.82) is 0 Å². The van der Waals surface area contributed by atoms with E-state index in [9.17, 15) is 9.90 Å². The Balaban J connectivity index is 2.28. The summed E-state index contributed by atoms with van der Waals surface area (Å²) in [6, 6.07) is 0. The molecule has 6 heteroatoms. The normalized spacial score (nSPS) is 19.5. The maximum absolute atomic E-state index is 11.3. The highest BCUT2D eigenvalue weighted by molar-refractivity contribution is 7.13. The van der Waals surface area contributed by atoms with Gasteiger partial charge in [0.1, 0.15) is 5.41 Å². The fourth-order valence-electron chi connectivity index (χ4n) is 2.00. The third-order valence-corrected chi connectivity index (χ3v) is 4.41. The number of rotatable bonds is 3. The second-order valence-electron chi connectivity index (χ2n) is 5.96. The summed E-state index contributed by atoms with van der Waals surface area (Å²) >= 11 is 1.50. The van der Waals surface area contributed by atoms with Crippen LogP contribution in [0.2, 0.25) is 0 Å². The summed E-state index contributed by atoms with van der Waals surface area (Å²) in [6.45, 7) is 9.70. The van der Waals surface area contributed by atoms with Crippen molar-refractivity contribution in [3.05, 3.63) is 11.1 Å². The fourth-order valence-corrected chi connectivity index (χ4v) is 3.18. The van der Waals surface area contributed by atoms with E-state index in [-0.39, 0.29) is 5.54 Å². The minimum atomic E-state index is -0.953. The van der Waals surface area contributed by atoms with Gasteiger partial charge in [0.25, 0.3) is 0 Å². The molecule has 0 aliphatic carbocycles. The first-order valence-electron chi connectivity index (χ1n) is 6.30. The molecule has 0 amide bonds. The molecular formula is C13H20N2O3S. The molecule has 2 rings (SSSR count). The first-order valence-corrected chi connectivity index (χ1v) is 7.18. The molecule has 19 heavy (non-hydrogen) atoms. The number of carbonyl (C=O) groups is 1. The number of nitrogens with zero attached hydrogens (tertiary/aromatic N) is 2. The number of aromatic nitrogens is 1. The number of carboxylic acid groups (broad SMARTS) is 1. The molecule has 0 saturated carbocycles. The molecular weight excluding hydrogens is 264 g/mol. The average molecular weight is 284 g/mol. The quantitative estimate of drug-likeness (QED) is 0.921. The molecule has 0 aromatic carbocycles. The van der Waals surface area contributed by atoms with Crippen molar-refractivity contribution in [2.75, 3.05) is 24.7 Å². The van der Waals surface area contributed by atoms with Crippen molar-refractivity contribution in [2.45, 2.75) is 38.6 Å². The molecule has 5 nitrogen and oxygen atoms in total. The zero-order valence-electron chi connectivity index (χ0n) is 11.8. The van der Waals surface area contributed by atoms with E-state index >= 15 is 0 Å². The summed E-state index contributed by atoms with van der Waals surface area (Å²) in [5, 5.41) is 12.0. The van der Waals surface area contributed by atoms with Gasteiger partial charge in [0.15, 0.2) is 5.13 Å². The maximum Gasteiger partial charge on any atom is 0.315 e. The number of hydrogen-bond donors (Lipinski definition) is 1. The highest BCUT2D eigenvalue weighted by Gasteiger charge is 2.36. The zero-order valence-corrected chi connectivity index (χ0v) is 12.6. The number of carboxylic acids is 1. The van der Waals surface area contributed by atoms with Gasteiger partial charge >= 0.3 is 5.97 Å². The lowest BCUT2D eigenvalue weighted by atomic mass is 9.90. The lowest BCUT2D eigenvalue weighted by molar-refractivity contribution is -0.142. The van der Waals surface area contributed by atoms with Crippen LogP contribution in [0.25, 0.3) is 0 Å². The highest BCUT2D eigenvalue weighted by atomic mass is 32.1. The molecule has 1 fully saturated rings. The average Bonchev–Trinajstić information content (AvgIpc) is 2.77. The summed E-state index contributed by atoms with van der Waals surface area (Å²) in [5.41, 5.74) is -0.450. The Labute approximate surface area is 117 Å². The van der Waals surface area contributed by atoms with Crippen LogP contribution in [-0.4, -0.2) is 41.4 Å². The van der Waals surface area contributed by atoms with Crippen molar-refractivity contribution >= 4 is 22.4 Å². The molecule has 1 aromatic heterocycles. The van der Waals surface area contributed by atoms with Gasteiger partial charge in [-0.15, -0.1) is 11.3 Å². The minimum Gasteiger partial charge on any atom is -0.481 e. The van der Waals surface area contributed by atoms with Crippen LogP contribution >= 0.6 is 11.3 Å². The number of ether oxygens (including phenoxy) is 1. The summed E-state index contributed by atoms with van der Waals surface area (Å²) in [7, 11) is 0. The molecule has 2 heterocycles. The van der Waals surface area contributed by atoms with E-state index in [0.29, 0.717) is 18.9 Å². The number of aliphatic carboxylic acids is 1. The van der Waals surface area contributed by atoms with Crippen LogP contribution in [0.4, 0.5) is 5.13 Å². The van der Waals surface area contributed by atoms with Crippen molar-refractivity contribution in [2.24, 2.45) is 0 Å². The zero-order chi connectivity index (χ0) is 14.3. The lowest BCUT2D eigenvalue weighted by Gasteiger charge is -2.42. The second kappa shape index (κ2) is 4.76. The molecule has 0 atom stereocenters. The molecule has 106 valence electrons. The Morgan fingerprint density at radius 3 is 2.84 bits per heavy atom. The molecule has 1 aromatic rings. The fraction of sp³-hybridized carbons (Fsp3) is 0.692. The third-order valence-electron chi connectivity index (χ3n) is 3.54. The Hall–Kier alpha value is -1.14. The predicted molar refractivity (Wildman–Crippen MR) is 75.0 cm³/mol. The van der Waals surface area contributed by atoms with Gasteiger partial charge in [-0.25, -0.2) is 4.98 Å². The van der Waals surface area contributed by atoms with Gasteiger partial charge in [-0.05, 0) is 27.7 Å². The Kier molecular flexibility index (Phi) is 3.57. The Bertz CT molecular complexity index is 482. The number of thiazole rings is 1. The van der Waals surface area contributed by atoms with Crippen molar-refractivity contribution < 1.29 is 14.6 Å². The van der Waals surface area contributed by atoms with E-state index in [2.05, 4.69) is 23.7 Å². The Morgan fingerprint density at radius 1 is 1.58 bits per heavy atom. The molecule has 1 N–H and O–H groups in total. The Morgan fingerprint density at radius 2 is 2.26 bits per heavy atom. The molecule has 0 spiro atoms. The third kappa shape index (κ3) is 2.60. The largest absolute Gasteiger partial charge is 0.481 e. The van der Waals surface area contributed by atoms with Gasteiger partial charge < -0.3 is 14.7 Å². The highest BCUT2D eigenvalue weighted by Crippen LogP contribution is 2.33. The van der Waals surface area contributed by atoms with E-state index in [1.165, 1.54) is 11.3 Å². The first kappa shape index (κ1) is 14.3. The van der Waals surface area contributed by atoms with Gasteiger partial charge in [-0.2, -0.15) is 0 Å². The predicted octanol–water partition coefficient (Wildman–Crippen LogP) is 2.12. The number of anilines is 1. The SMILES string of the molecule is CC(C)(C(=O)O)c1csc(N2CCOCC2(C)C)n1. The minimum absolute atomic E-state index is 0.110. The van der Waals surface area contributed by atoms with Gasteiger partial charge in [0, 0.05) is 11.9 Å². The van der Waals surface area contributed by atoms with Crippen LogP contribution in [0.15, 0.2) is 5.38 Å². The molecule has 1 saturated heterocycles. The van der Waals surface area contributed by atoms with Crippen LogP contribution in [0, 0.1) is 0 Å². The van der Waals surface area contributed by atoms with Gasteiger partial charge in [0.05, 0.1) is 24.4 Å². The van der Waals surface area contributed by atoms with Crippen molar-refractivity contribution in [3.8, 4) is 0 Å². The number of hydrogen-bond acceptors (Lipinski definition) is 5. The van der Waals surface area contributed by atoms with E-state index in [0.717, 1.165) is 11.7 Å². The monoisotopic (exact) mass is 284 g/mol. The smallest absolute Gasteiger partial charge is 0.315 e. The molecule has 0 unspecified atom stereocenters. The molecule has 1 aliphatic rings. The van der Waals surface area contributed by atoms with E-state index < -0.39 is 11.4 Å². The first-order chi connectivity index (χ1) is 8.75. The van der Waals surface area contributed by atoms with Crippen LogP contribution in [0.3, 0.4) is 0 Å². The standard InChI is InChI=1S/C13H20N2O3S/c1-12(2)8-18-6-5-15(12)11-14-9(7-19-11)13(3,4)10(16)17/h7H,5-6,8H2,1-4H3,(H,16,17). The van der Waals surface area contributed by atoms with Crippen LogP contribution in [0.5, 0.6) is 0 Å². The van der Waals surface area contributed by atoms with Crippen molar-refractivity contribution in [1.82, 2.24) is 4.98 Å². The van der Waals surface area contributed by atoms with E-state index in [4.69, 9.17) is 4.74 Å². The maximum atomic E-state index is 11.3. The van der Waals surface area contributed by atoms with Crippen LogP contribution in [0.1, 0.15) is 33.4 Å². The summed E-state index contributed by atoms with van der Waals surface area (Å²) in [5.74, 6) is -0.856. The summed E-state index contributed by atoms with van der Waals surface area (Å²) < 4.78 is 5.49. The van der Waals surface area contributed by atoms with E-state index in [1.807, 2.05) is 5.38 Å². The number of morpholine rings is 1. The van der Waals surface area contributed by atoms with E-state index in [1.54, 1.807) is 13.8 Å². The lowest BCUT2D eigenvalue weighted by Crippen LogP contribution is -2.53. The van der Waals surface area contributed by atoms with Gasteiger partial charge in [0.2, 0.25) is 0 Å². The van der Waals surface area contributed by atoms with Gasteiger partial charge in [-0.3, -0.25) is 4.79 Å². The molecule has 0 radical (unpaired) electrons. The van der Waals surface area contributed by atoms with Gasteiger partial charge in [-0.1, -0.05) is 0 Å². The second-order valence-corrected chi connectivity index (χ2v) is 6.80. The summed E-state index contributed by atoms with van der Waals surface area (Å²) in [6.07, 6.45) is 0. The molecule has 0 bridgehead atoms.